The summed E-state index contributed by atoms with van der Waals surface area (Å²) in [4.78, 5) is 30.0. The molecule has 0 aliphatic heterocycles. The molecule has 0 aliphatic carbocycles. The number of halogens is 1. The van der Waals surface area contributed by atoms with Crippen LogP contribution < -0.4 is 4.90 Å². The monoisotopic (exact) mass is 488 g/mol. The Kier molecular flexibility index (Phi) is 6.35. The number of aromatic nitrogens is 3. The van der Waals surface area contributed by atoms with Crippen molar-refractivity contribution in [2.45, 2.75) is 45.4 Å². The van der Waals surface area contributed by atoms with Gasteiger partial charge in [0.1, 0.15) is 16.2 Å². The van der Waals surface area contributed by atoms with Crippen molar-refractivity contribution in [3.63, 3.8) is 0 Å². The Labute approximate surface area is 198 Å². The smallest absolute Gasteiger partial charge is 0.230 e. The third-order valence-corrected chi connectivity index (χ3v) is 8.26. The van der Waals surface area contributed by atoms with Crippen LogP contribution in [0.3, 0.4) is 0 Å². The average Bonchev–Trinajstić information content (AvgIpc) is 3.27. The molecule has 0 bridgehead atoms. The highest BCUT2D eigenvalue weighted by Crippen LogP contribution is 2.39. The van der Waals surface area contributed by atoms with Crippen molar-refractivity contribution >= 4 is 73.0 Å². The maximum Gasteiger partial charge on any atom is 0.230 e. The van der Waals surface area contributed by atoms with Crippen LogP contribution in [0.4, 0.5) is 10.8 Å². The molecule has 160 valence electrons. The van der Waals surface area contributed by atoms with Gasteiger partial charge in [-0.3, -0.25) is 9.69 Å². The van der Waals surface area contributed by atoms with Crippen LogP contribution >= 0.6 is 46.0 Å². The van der Waals surface area contributed by atoms with Gasteiger partial charge in [-0.15, -0.1) is 22.7 Å². The fourth-order valence-corrected chi connectivity index (χ4v) is 6.84. The summed E-state index contributed by atoms with van der Waals surface area (Å²) in [6, 6.07) is 3.89. The first-order valence-corrected chi connectivity index (χ1v) is 12.7. The summed E-state index contributed by atoms with van der Waals surface area (Å²) in [6.07, 6.45) is 1.62. The maximum absolute atomic E-state index is 12.5. The van der Waals surface area contributed by atoms with E-state index in [9.17, 15) is 4.79 Å². The normalized spacial score (nSPS) is 11.3. The van der Waals surface area contributed by atoms with E-state index in [0.29, 0.717) is 21.6 Å². The number of thiophene rings is 1. The summed E-state index contributed by atoms with van der Waals surface area (Å²) in [5, 5.41) is 5.23. The van der Waals surface area contributed by atoms with Crippen LogP contribution in [0.25, 0.3) is 10.2 Å². The van der Waals surface area contributed by atoms with E-state index in [4.69, 9.17) is 16.6 Å². The zero-order chi connectivity index (χ0) is 22.3. The third-order valence-electron chi connectivity index (χ3n) is 4.96. The van der Waals surface area contributed by atoms with Gasteiger partial charge in [0.15, 0.2) is 5.13 Å². The lowest BCUT2D eigenvalue weighted by molar-refractivity contribution is -0.115. The SMILES string of the molecule is CC(=O)N(c1nc(CSc2ncnc3sc(C)c(C)c23)cs1)c1c(C)cc(C)cc1Cl. The summed E-state index contributed by atoms with van der Waals surface area (Å²) in [6.45, 7) is 9.70. The second kappa shape index (κ2) is 8.86. The number of hydrogen-bond acceptors (Lipinski definition) is 7. The topological polar surface area (TPSA) is 59.0 Å². The molecule has 0 spiro atoms. The highest BCUT2D eigenvalue weighted by Gasteiger charge is 2.23. The van der Waals surface area contributed by atoms with Crippen LogP contribution in [0.5, 0.6) is 0 Å². The van der Waals surface area contributed by atoms with Crippen molar-refractivity contribution in [2.24, 2.45) is 0 Å². The van der Waals surface area contributed by atoms with E-state index in [2.05, 4.69) is 23.8 Å². The number of amides is 1. The van der Waals surface area contributed by atoms with Gasteiger partial charge in [0.05, 0.1) is 16.4 Å². The first-order chi connectivity index (χ1) is 14.8. The standard InChI is InChI=1S/C22H21ClN4OS3/c1-11-6-12(2)19(17(23)7-11)27(15(5)28)22-26-16(9-30-22)8-29-20-18-13(3)14(4)31-21(18)25-10-24-20/h6-7,9-10H,8H2,1-5H3. The number of fused-ring (bicyclic) bond motifs is 1. The van der Waals surface area contributed by atoms with E-state index in [0.717, 1.165) is 32.1 Å². The summed E-state index contributed by atoms with van der Waals surface area (Å²) in [5.41, 5.74) is 4.82. The highest BCUT2D eigenvalue weighted by molar-refractivity contribution is 7.98. The van der Waals surface area contributed by atoms with E-state index < -0.39 is 0 Å². The Morgan fingerprint density at radius 2 is 1.97 bits per heavy atom. The minimum atomic E-state index is -0.121. The van der Waals surface area contributed by atoms with E-state index in [1.54, 1.807) is 34.3 Å². The van der Waals surface area contributed by atoms with Crippen LogP contribution in [0.15, 0.2) is 28.9 Å². The molecule has 1 amide bonds. The fraction of sp³-hybridized carbons (Fsp3) is 0.273. The van der Waals surface area contributed by atoms with E-state index in [1.807, 2.05) is 31.4 Å². The Morgan fingerprint density at radius 3 is 2.68 bits per heavy atom. The van der Waals surface area contributed by atoms with Crippen LogP contribution in [0, 0.1) is 27.7 Å². The maximum atomic E-state index is 12.5. The van der Waals surface area contributed by atoms with Gasteiger partial charge in [-0.25, -0.2) is 15.0 Å². The molecular weight excluding hydrogens is 468 g/mol. The number of carbonyl (C=O) groups excluding carboxylic acids is 1. The van der Waals surface area contributed by atoms with Crippen molar-refractivity contribution in [1.29, 1.82) is 0 Å². The second-order valence-corrected chi connectivity index (χ2v) is 10.7. The van der Waals surface area contributed by atoms with E-state index >= 15 is 0 Å². The molecule has 0 radical (unpaired) electrons. The first-order valence-electron chi connectivity index (χ1n) is 9.61. The van der Waals surface area contributed by atoms with Gasteiger partial charge in [-0.1, -0.05) is 29.4 Å². The molecule has 31 heavy (non-hydrogen) atoms. The molecule has 0 aliphatic rings. The van der Waals surface area contributed by atoms with Crippen molar-refractivity contribution < 1.29 is 4.79 Å². The second-order valence-electron chi connectivity index (χ2n) is 7.32. The number of hydrogen-bond donors (Lipinski definition) is 0. The predicted octanol–water partition coefficient (Wildman–Crippen LogP) is 7.01. The zero-order valence-electron chi connectivity index (χ0n) is 17.8. The largest absolute Gasteiger partial charge is 0.274 e. The van der Waals surface area contributed by atoms with Gasteiger partial charge in [-0.2, -0.15) is 0 Å². The van der Waals surface area contributed by atoms with Crippen molar-refractivity contribution in [1.82, 2.24) is 15.0 Å². The van der Waals surface area contributed by atoms with Crippen molar-refractivity contribution in [2.75, 3.05) is 4.90 Å². The number of thiazole rings is 1. The lowest BCUT2D eigenvalue weighted by Gasteiger charge is -2.22. The predicted molar refractivity (Wildman–Crippen MR) is 132 cm³/mol. The Morgan fingerprint density at radius 1 is 1.19 bits per heavy atom. The quantitative estimate of drug-likeness (QED) is 0.223. The molecule has 4 aromatic rings. The molecule has 0 atom stereocenters. The fourth-order valence-electron chi connectivity index (χ4n) is 3.45. The van der Waals surface area contributed by atoms with Gasteiger partial charge in [0.2, 0.25) is 5.91 Å². The molecule has 0 unspecified atom stereocenters. The molecule has 5 nitrogen and oxygen atoms in total. The molecule has 3 aromatic heterocycles. The molecule has 9 heteroatoms. The van der Waals surface area contributed by atoms with E-state index in [1.165, 1.54) is 28.7 Å². The van der Waals surface area contributed by atoms with Gasteiger partial charge >= 0.3 is 0 Å². The lowest BCUT2D eigenvalue weighted by atomic mass is 10.1. The molecule has 0 saturated heterocycles. The number of benzene rings is 1. The number of anilines is 2. The molecule has 0 saturated carbocycles. The number of thioether (sulfide) groups is 1. The molecule has 4 rings (SSSR count). The highest BCUT2D eigenvalue weighted by atomic mass is 35.5. The van der Waals surface area contributed by atoms with Crippen LogP contribution in [0.1, 0.15) is 34.2 Å². The summed E-state index contributed by atoms with van der Waals surface area (Å²) in [7, 11) is 0. The summed E-state index contributed by atoms with van der Waals surface area (Å²) >= 11 is 11.3. The average molecular weight is 489 g/mol. The van der Waals surface area contributed by atoms with Crippen LogP contribution in [-0.2, 0) is 10.5 Å². The molecule has 0 fully saturated rings. The summed E-state index contributed by atoms with van der Waals surface area (Å²) in [5.74, 6) is 0.535. The third kappa shape index (κ3) is 4.35. The van der Waals surface area contributed by atoms with Crippen LogP contribution in [-0.4, -0.2) is 20.9 Å². The first kappa shape index (κ1) is 22.2. The van der Waals surface area contributed by atoms with Crippen LogP contribution in [0.2, 0.25) is 5.02 Å². The number of carbonyl (C=O) groups is 1. The van der Waals surface area contributed by atoms with Gasteiger partial charge in [0.25, 0.3) is 0 Å². The minimum absolute atomic E-state index is 0.121. The Balaban J connectivity index is 1.62. The molecule has 3 heterocycles. The van der Waals surface area contributed by atoms with Gasteiger partial charge in [0, 0.05) is 28.3 Å². The number of aryl methyl sites for hydroxylation is 4. The van der Waals surface area contributed by atoms with Crippen molar-refractivity contribution in [3.8, 4) is 0 Å². The molecule has 0 N–H and O–H groups in total. The Hall–Kier alpha value is -2.00. The minimum Gasteiger partial charge on any atom is -0.274 e. The number of rotatable bonds is 5. The number of nitrogens with zero attached hydrogens (tertiary/aromatic N) is 4. The van der Waals surface area contributed by atoms with Gasteiger partial charge < -0.3 is 0 Å². The summed E-state index contributed by atoms with van der Waals surface area (Å²) < 4.78 is 0. The molecule has 1 aromatic carbocycles. The van der Waals surface area contributed by atoms with Gasteiger partial charge in [-0.05, 0) is 50.5 Å². The lowest BCUT2D eigenvalue weighted by Crippen LogP contribution is -2.24. The Bertz CT molecular complexity index is 1270. The molecular formula is C22H21ClN4OS3. The van der Waals surface area contributed by atoms with Crippen molar-refractivity contribution in [3.05, 3.63) is 56.1 Å². The van der Waals surface area contributed by atoms with E-state index in [-0.39, 0.29) is 5.91 Å². The zero-order valence-corrected chi connectivity index (χ0v) is 21.0.